The van der Waals surface area contributed by atoms with E-state index in [1.807, 2.05) is 0 Å². The minimum absolute atomic E-state index is 0.214. The van der Waals surface area contributed by atoms with E-state index < -0.39 is 0 Å². The van der Waals surface area contributed by atoms with Gasteiger partial charge in [0.25, 0.3) is 0 Å². The van der Waals surface area contributed by atoms with E-state index in [0.717, 1.165) is 13.0 Å². The minimum Gasteiger partial charge on any atom is -0.660 e. The molecule has 1 fully saturated rings. The number of aliphatic hydroxyl groups excluding tert-OH is 1. The molecule has 1 aliphatic rings. The van der Waals surface area contributed by atoms with E-state index in [2.05, 4.69) is 5.32 Å². The number of rotatable bonds is 2. The highest BCUT2D eigenvalue weighted by molar-refractivity contribution is 4.98. The van der Waals surface area contributed by atoms with Crippen LogP contribution in [0, 0.1) is 5.92 Å². The quantitative estimate of drug-likeness (QED) is 0.537. The van der Waals surface area contributed by atoms with Gasteiger partial charge in [0.15, 0.2) is 0 Å². The maximum Gasteiger partial charge on any atom is 0.0365 e. The first-order valence-corrected chi connectivity index (χ1v) is 3.36. The van der Waals surface area contributed by atoms with Crippen molar-refractivity contribution < 1.29 is 5.11 Å². The first kappa shape index (κ1) is 6.99. The lowest BCUT2D eigenvalue weighted by Gasteiger charge is -2.14. The van der Waals surface area contributed by atoms with Crippen molar-refractivity contribution in [2.45, 2.75) is 12.5 Å². The molecule has 3 N–H and O–H groups in total. The molecule has 1 aliphatic heterocycles. The molecule has 1 heterocycles. The molecule has 3 nitrogen and oxygen atoms in total. The van der Waals surface area contributed by atoms with Gasteiger partial charge < -0.3 is 16.2 Å². The normalized spacial score (nSPS) is 35.3. The van der Waals surface area contributed by atoms with E-state index in [9.17, 15) is 5.11 Å². The summed E-state index contributed by atoms with van der Waals surface area (Å²) in [7, 11) is 0. The van der Waals surface area contributed by atoms with Crippen LogP contribution in [0.2, 0.25) is 0 Å². The van der Waals surface area contributed by atoms with Crippen LogP contribution in [-0.2, 0) is 0 Å². The van der Waals surface area contributed by atoms with Crippen LogP contribution >= 0.6 is 0 Å². The van der Waals surface area contributed by atoms with Gasteiger partial charge in [0.05, 0.1) is 0 Å². The van der Waals surface area contributed by atoms with Crippen molar-refractivity contribution in [1.82, 2.24) is 0 Å². The summed E-state index contributed by atoms with van der Waals surface area (Å²) >= 11 is 0. The zero-order valence-corrected chi connectivity index (χ0v) is 5.45. The maximum atomic E-state index is 9.17. The third-order valence-electron chi connectivity index (χ3n) is 1.76. The average molecular weight is 129 g/mol. The molecular formula is C6H13N2O-. The zero-order valence-electron chi connectivity index (χ0n) is 5.45. The van der Waals surface area contributed by atoms with Crippen LogP contribution in [0.15, 0.2) is 0 Å². The van der Waals surface area contributed by atoms with Crippen molar-refractivity contribution >= 4 is 0 Å². The van der Waals surface area contributed by atoms with Gasteiger partial charge in [-0.2, -0.15) is 0 Å². The molecule has 9 heavy (non-hydrogen) atoms. The van der Waals surface area contributed by atoms with E-state index in [1.165, 1.54) is 0 Å². The fourth-order valence-electron chi connectivity index (χ4n) is 1.14. The minimum atomic E-state index is -0.214. The van der Waals surface area contributed by atoms with Crippen molar-refractivity contribution in [3.63, 3.8) is 0 Å². The van der Waals surface area contributed by atoms with E-state index in [-0.39, 0.29) is 6.10 Å². The Morgan fingerprint density at radius 2 is 2.33 bits per heavy atom. The van der Waals surface area contributed by atoms with Gasteiger partial charge in [-0.3, -0.25) is 0 Å². The first-order valence-electron chi connectivity index (χ1n) is 3.36. The highest BCUT2D eigenvalue weighted by Crippen LogP contribution is 2.19. The molecule has 0 saturated carbocycles. The van der Waals surface area contributed by atoms with Crippen LogP contribution in [0.5, 0.6) is 0 Å². The van der Waals surface area contributed by atoms with E-state index in [4.69, 9.17) is 5.73 Å². The van der Waals surface area contributed by atoms with Gasteiger partial charge in [0.2, 0.25) is 0 Å². The fourth-order valence-corrected chi connectivity index (χ4v) is 1.14. The molecule has 0 aliphatic carbocycles. The lowest BCUT2D eigenvalue weighted by atomic mass is 10.0. The van der Waals surface area contributed by atoms with Crippen molar-refractivity contribution in [3.05, 3.63) is 5.32 Å². The number of aliphatic hydroxyl groups is 1. The van der Waals surface area contributed by atoms with Crippen LogP contribution in [-0.4, -0.2) is 30.8 Å². The van der Waals surface area contributed by atoms with Gasteiger partial charge in [0.1, 0.15) is 0 Å². The molecule has 0 radical (unpaired) electrons. The molecule has 0 aromatic carbocycles. The topological polar surface area (TPSA) is 60.4 Å². The first-order chi connectivity index (χ1) is 4.34. The molecule has 1 unspecified atom stereocenters. The van der Waals surface area contributed by atoms with Crippen molar-refractivity contribution in [2.75, 3.05) is 19.6 Å². The maximum absolute atomic E-state index is 9.17. The summed E-state index contributed by atoms with van der Waals surface area (Å²) in [5.74, 6) is 0.343. The van der Waals surface area contributed by atoms with Gasteiger partial charge in [0, 0.05) is 6.10 Å². The Bertz CT molecular complexity index is 87.1. The van der Waals surface area contributed by atoms with Gasteiger partial charge in [-0.25, -0.2) is 0 Å². The summed E-state index contributed by atoms with van der Waals surface area (Å²) in [5.41, 5.74) is 5.32. The Labute approximate surface area is 55.2 Å². The van der Waals surface area contributed by atoms with Crippen molar-refractivity contribution in [3.8, 4) is 0 Å². The highest BCUT2D eigenvalue weighted by atomic mass is 16.3. The average Bonchev–Trinajstić information content (AvgIpc) is 2.18. The lowest BCUT2D eigenvalue weighted by molar-refractivity contribution is 0.145. The second kappa shape index (κ2) is 3.15. The Kier molecular flexibility index (Phi) is 2.45. The van der Waals surface area contributed by atoms with Gasteiger partial charge in [-0.15, -0.1) is 13.1 Å². The number of hydrogen-bond donors (Lipinski definition) is 2. The number of nitrogens with zero attached hydrogens (tertiary/aromatic N) is 1. The Morgan fingerprint density at radius 3 is 2.78 bits per heavy atom. The summed E-state index contributed by atoms with van der Waals surface area (Å²) in [4.78, 5) is 0. The molecule has 3 heteroatoms. The SMILES string of the molecule is NCCC1C[N-]C[C@@H]1O. The van der Waals surface area contributed by atoms with Gasteiger partial charge in [-0.1, -0.05) is 0 Å². The molecule has 2 atom stereocenters. The van der Waals surface area contributed by atoms with Crippen LogP contribution in [0.3, 0.4) is 0 Å². The van der Waals surface area contributed by atoms with Crippen LogP contribution < -0.4 is 5.73 Å². The van der Waals surface area contributed by atoms with Gasteiger partial charge in [-0.05, 0) is 18.9 Å². The molecule has 0 amide bonds. The zero-order chi connectivity index (χ0) is 6.69. The molecule has 0 spiro atoms. The lowest BCUT2D eigenvalue weighted by Crippen LogP contribution is -2.20. The number of nitrogens with two attached hydrogens (primary N) is 1. The second-order valence-corrected chi connectivity index (χ2v) is 2.49. The number of hydrogen-bond acceptors (Lipinski definition) is 2. The Balaban J connectivity index is 2.22. The summed E-state index contributed by atoms with van der Waals surface area (Å²) in [6, 6.07) is 0. The second-order valence-electron chi connectivity index (χ2n) is 2.49. The monoisotopic (exact) mass is 129 g/mol. The van der Waals surface area contributed by atoms with E-state index >= 15 is 0 Å². The van der Waals surface area contributed by atoms with Gasteiger partial charge >= 0.3 is 0 Å². The Morgan fingerprint density at radius 1 is 1.56 bits per heavy atom. The fraction of sp³-hybridized carbons (Fsp3) is 1.00. The smallest absolute Gasteiger partial charge is 0.0365 e. The summed E-state index contributed by atoms with van der Waals surface area (Å²) < 4.78 is 0. The summed E-state index contributed by atoms with van der Waals surface area (Å²) in [6.45, 7) is 2.08. The molecular weight excluding hydrogens is 116 g/mol. The molecule has 1 saturated heterocycles. The van der Waals surface area contributed by atoms with Crippen LogP contribution in [0.1, 0.15) is 6.42 Å². The molecule has 0 aromatic heterocycles. The molecule has 54 valence electrons. The molecule has 1 rings (SSSR count). The van der Waals surface area contributed by atoms with Crippen LogP contribution in [0.25, 0.3) is 5.32 Å². The third-order valence-corrected chi connectivity index (χ3v) is 1.76. The van der Waals surface area contributed by atoms with Crippen molar-refractivity contribution in [2.24, 2.45) is 11.7 Å². The van der Waals surface area contributed by atoms with Crippen molar-refractivity contribution in [1.29, 1.82) is 0 Å². The predicted molar refractivity (Wildman–Crippen MR) is 36.3 cm³/mol. The predicted octanol–water partition coefficient (Wildman–Crippen LogP) is -0.300. The Hall–Kier alpha value is -0.120. The highest BCUT2D eigenvalue weighted by Gasteiger charge is 2.15. The standard InChI is InChI=1S/C6H13N2O/c7-2-1-5-3-8-4-6(5)9/h5-6,9H,1-4,7H2/q-1/t5?,6-/m0/s1. The summed E-state index contributed by atoms with van der Waals surface area (Å²) in [6.07, 6.45) is 0.693. The third kappa shape index (κ3) is 1.64. The van der Waals surface area contributed by atoms with E-state index in [1.54, 1.807) is 0 Å². The summed E-state index contributed by atoms with van der Waals surface area (Å²) in [5, 5.41) is 13.2. The largest absolute Gasteiger partial charge is 0.660 e. The molecule has 0 bridgehead atoms. The van der Waals surface area contributed by atoms with E-state index in [0.29, 0.717) is 19.0 Å². The van der Waals surface area contributed by atoms with Crippen LogP contribution in [0.4, 0.5) is 0 Å². The molecule has 0 aromatic rings.